The molecule has 1 aromatic heterocycles. The van der Waals surface area contributed by atoms with Gasteiger partial charge in [0, 0.05) is 45.1 Å². The van der Waals surface area contributed by atoms with Crippen LogP contribution in [0.2, 0.25) is 0 Å². The Kier molecular flexibility index (Phi) is 7.54. The van der Waals surface area contributed by atoms with Gasteiger partial charge in [0.05, 0.1) is 6.04 Å². The molecule has 0 aliphatic carbocycles. The minimum absolute atomic E-state index is 0.0357. The van der Waals surface area contributed by atoms with Gasteiger partial charge in [0.15, 0.2) is 5.96 Å². The van der Waals surface area contributed by atoms with Crippen LogP contribution in [-0.2, 0) is 6.18 Å². The second kappa shape index (κ2) is 10.3. The van der Waals surface area contributed by atoms with E-state index in [1.165, 1.54) is 18.5 Å². The number of benzene rings is 1. The van der Waals surface area contributed by atoms with Gasteiger partial charge in [-0.1, -0.05) is 12.1 Å². The summed E-state index contributed by atoms with van der Waals surface area (Å²) in [4.78, 5) is 13.9. The molecule has 2 heterocycles. The van der Waals surface area contributed by atoms with Crippen molar-refractivity contribution in [2.24, 2.45) is 4.99 Å². The van der Waals surface area contributed by atoms with Crippen LogP contribution in [0.5, 0.6) is 0 Å². The highest BCUT2D eigenvalue weighted by Crippen LogP contribution is 2.27. The topological polar surface area (TPSA) is 77.5 Å². The second-order valence-corrected chi connectivity index (χ2v) is 7.34. The predicted octanol–water partition coefficient (Wildman–Crippen LogP) is 3.43. The van der Waals surface area contributed by atoms with E-state index in [4.69, 9.17) is 0 Å². The smallest absolute Gasteiger partial charge is 0.372 e. The average molecular weight is 435 g/mol. The summed E-state index contributed by atoms with van der Waals surface area (Å²) in [6.45, 7) is 5.01. The van der Waals surface area contributed by atoms with Crippen molar-refractivity contribution in [3.8, 4) is 0 Å². The standard InChI is InChI=1S/C21H28F3N7/c1-15(16-6-5-7-17(14-16)31-12-3-4-13-31)29-19(25-2)27-10-11-28-20-26-9-8-18(30-20)21(22,23)24/h5-9,14-15H,3-4,10-13H2,1-2H3,(H2,25,27,29)(H,26,28,30). The van der Waals surface area contributed by atoms with Crippen molar-refractivity contribution in [3.63, 3.8) is 0 Å². The molecule has 1 atom stereocenters. The van der Waals surface area contributed by atoms with Crippen LogP contribution in [0.1, 0.15) is 37.1 Å². The average Bonchev–Trinajstić information content (AvgIpc) is 3.30. The van der Waals surface area contributed by atoms with Crippen molar-refractivity contribution < 1.29 is 13.2 Å². The molecule has 31 heavy (non-hydrogen) atoms. The number of hydrogen-bond donors (Lipinski definition) is 3. The normalized spacial score (nSPS) is 15.6. The van der Waals surface area contributed by atoms with E-state index >= 15 is 0 Å². The summed E-state index contributed by atoms with van der Waals surface area (Å²) in [5, 5.41) is 9.27. The maximum Gasteiger partial charge on any atom is 0.433 e. The molecule has 0 radical (unpaired) electrons. The summed E-state index contributed by atoms with van der Waals surface area (Å²) in [6.07, 6.45) is -0.946. The van der Waals surface area contributed by atoms with Gasteiger partial charge in [0.25, 0.3) is 0 Å². The summed E-state index contributed by atoms with van der Waals surface area (Å²) < 4.78 is 38.2. The molecule has 0 amide bonds. The fourth-order valence-electron chi connectivity index (χ4n) is 3.41. The van der Waals surface area contributed by atoms with E-state index in [2.05, 4.69) is 67.0 Å². The molecule has 7 nitrogen and oxygen atoms in total. The summed E-state index contributed by atoms with van der Waals surface area (Å²) in [7, 11) is 1.67. The third kappa shape index (κ3) is 6.47. The molecular weight excluding hydrogens is 407 g/mol. The van der Waals surface area contributed by atoms with Gasteiger partial charge in [-0.05, 0) is 43.5 Å². The molecule has 1 aromatic carbocycles. The molecule has 0 saturated carbocycles. The Labute approximate surface area is 180 Å². The summed E-state index contributed by atoms with van der Waals surface area (Å²) >= 11 is 0. The van der Waals surface area contributed by atoms with E-state index < -0.39 is 11.9 Å². The number of aliphatic imine (C=N–C) groups is 1. The fourth-order valence-corrected chi connectivity index (χ4v) is 3.41. The Bertz CT molecular complexity index is 879. The van der Waals surface area contributed by atoms with Crippen molar-refractivity contribution in [2.45, 2.75) is 32.0 Å². The van der Waals surface area contributed by atoms with Crippen molar-refractivity contribution in [1.82, 2.24) is 20.6 Å². The maximum atomic E-state index is 12.7. The van der Waals surface area contributed by atoms with Crippen LogP contribution in [0.4, 0.5) is 24.8 Å². The van der Waals surface area contributed by atoms with Gasteiger partial charge in [-0.3, -0.25) is 4.99 Å². The van der Waals surface area contributed by atoms with Gasteiger partial charge < -0.3 is 20.9 Å². The van der Waals surface area contributed by atoms with Crippen molar-refractivity contribution in [3.05, 3.63) is 47.8 Å². The number of guanidine groups is 1. The van der Waals surface area contributed by atoms with Crippen LogP contribution in [0.15, 0.2) is 41.5 Å². The van der Waals surface area contributed by atoms with Crippen LogP contribution in [0.25, 0.3) is 0 Å². The van der Waals surface area contributed by atoms with E-state index in [1.807, 2.05) is 0 Å². The molecule has 1 aliphatic heterocycles. The highest BCUT2D eigenvalue weighted by molar-refractivity contribution is 5.80. The zero-order valence-electron chi connectivity index (χ0n) is 17.7. The first kappa shape index (κ1) is 22.6. The number of nitrogens with one attached hydrogen (secondary N) is 3. The van der Waals surface area contributed by atoms with Gasteiger partial charge in [0.1, 0.15) is 5.69 Å². The van der Waals surface area contributed by atoms with Crippen LogP contribution in [0, 0.1) is 0 Å². The first-order chi connectivity index (χ1) is 14.9. The van der Waals surface area contributed by atoms with E-state index in [-0.39, 0.29) is 12.0 Å². The van der Waals surface area contributed by atoms with Crippen molar-refractivity contribution >= 4 is 17.6 Å². The van der Waals surface area contributed by atoms with Crippen molar-refractivity contribution in [1.29, 1.82) is 0 Å². The molecule has 1 fully saturated rings. The fraction of sp³-hybridized carbons (Fsp3) is 0.476. The lowest BCUT2D eigenvalue weighted by Crippen LogP contribution is -2.40. The zero-order valence-corrected chi connectivity index (χ0v) is 17.7. The van der Waals surface area contributed by atoms with E-state index in [0.29, 0.717) is 19.0 Å². The Hall–Kier alpha value is -3.04. The first-order valence-electron chi connectivity index (χ1n) is 10.3. The Morgan fingerprint density at radius 1 is 1.19 bits per heavy atom. The lowest BCUT2D eigenvalue weighted by molar-refractivity contribution is -0.141. The predicted molar refractivity (Wildman–Crippen MR) is 116 cm³/mol. The van der Waals surface area contributed by atoms with Crippen LogP contribution >= 0.6 is 0 Å². The number of anilines is 2. The molecule has 10 heteroatoms. The van der Waals surface area contributed by atoms with E-state index in [9.17, 15) is 13.2 Å². The molecule has 0 bridgehead atoms. The molecule has 1 unspecified atom stereocenters. The number of rotatable bonds is 7. The van der Waals surface area contributed by atoms with Gasteiger partial charge in [-0.2, -0.15) is 13.2 Å². The van der Waals surface area contributed by atoms with Gasteiger partial charge >= 0.3 is 6.18 Å². The summed E-state index contributed by atoms with van der Waals surface area (Å²) in [6, 6.07) is 9.36. The van der Waals surface area contributed by atoms with Crippen molar-refractivity contribution in [2.75, 3.05) is 43.4 Å². The van der Waals surface area contributed by atoms with E-state index in [0.717, 1.165) is 30.9 Å². The largest absolute Gasteiger partial charge is 0.433 e. The van der Waals surface area contributed by atoms with E-state index in [1.54, 1.807) is 7.05 Å². The summed E-state index contributed by atoms with van der Waals surface area (Å²) in [5.41, 5.74) is 1.42. The Morgan fingerprint density at radius 3 is 2.68 bits per heavy atom. The Balaban J connectivity index is 1.48. The minimum Gasteiger partial charge on any atom is -0.372 e. The maximum absolute atomic E-state index is 12.7. The number of halogens is 3. The lowest BCUT2D eigenvalue weighted by atomic mass is 10.1. The molecule has 2 aromatic rings. The van der Waals surface area contributed by atoms with Crippen LogP contribution in [0.3, 0.4) is 0 Å². The highest BCUT2D eigenvalue weighted by atomic mass is 19.4. The molecule has 3 N–H and O–H groups in total. The third-order valence-electron chi connectivity index (χ3n) is 5.06. The summed E-state index contributed by atoms with van der Waals surface area (Å²) in [5.74, 6) is 0.539. The zero-order chi connectivity index (χ0) is 22.3. The molecule has 1 saturated heterocycles. The monoisotopic (exact) mass is 435 g/mol. The second-order valence-electron chi connectivity index (χ2n) is 7.34. The lowest BCUT2D eigenvalue weighted by Gasteiger charge is -2.22. The number of aromatic nitrogens is 2. The molecule has 3 rings (SSSR count). The number of hydrogen-bond acceptors (Lipinski definition) is 5. The molecule has 1 aliphatic rings. The SMILES string of the molecule is CN=C(NCCNc1nccc(C(F)(F)F)n1)NC(C)c1cccc(N2CCCC2)c1. The Morgan fingerprint density at radius 2 is 1.97 bits per heavy atom. The van der Waals surface area contributed by atoms with Crippen LogP contribution < -0.4 is 20.9 Å². The molecule has 168 valence electrons. The third-order valence-corrected chi connectivity index (χ3v) is 5.06. The van der Waals surface area contributed by atoms with Gasteiger partial charge in [-0.15, -0.1) is 0 Å². The quantitative estimate of drug-likeness (QED) is 0.351. The molecule has 0 spiro atoms. The number of nitrogens with zero attached hydrogens (tertiary/aromatic N) is 4. The molecular formula is C21H28F3N7. The highest BCUT2D eigenvalue weighted by Gasteiger charge is 2.32. The van der Waals surface area contributed by atoms with Crippen LogP contribution in [-0.4, -0.2) is 49.2 Å². The number of alkyl halides is 3. The van der Waals surface area contributed by atoms with Gasteiger partial charge in [0.2, 0.25) is 5.95 Å². The van der Waals surface area contributed by atoms with Gasteiger partial charge in [-0.25, -0.2) is 9.97 Å². The minimum atomic E-state index is -4.49. The first-order valence-corrected chi connectivity index (χ1v) is 10.3.